The van der Waals surface area contributed by atoms with Crippen molar-refractivity contribution in [1.82, 2.24) is 20.4 Å². The van der Waals surface area contributed by atoms with Crippen LogP contribution in [0.3, 0.4) is 0 Å². The Morgan fingerprint density at radius 1 is 1.47 bits per heavy atom. The van der Waals surface area contributed by atoms with Crippen LogP contribution in [0.2, 0.25) is 0 Å². The highest BCUT2D eigenvalue weighted by Crippen LogP contribution is 2.32. The molecule has 6 heteroatoms. The van der Waals surface area contributed by atoms with Gasteiger partial charge in [0.05, 0.1) is 6.04 Å². The fraction of sp³-hybridized carbons (Fsp3) is 0.615. The molecule has 0 radical (unpaired) electrons. The molecule has 1 fully saturated rings. The van der Waals surface area contributed by atoms with Crippen molar-refractivity contribution in [2.24, 2.45) is 0 Å². The zero-order chi connectivity index (χ0) is 13.1. The van der Waals surface area contributed by atoms with Crippen molar-refractivity contribution in [2.75, 3.05) is 0 Å². The Hall–Kier alpha value is -1.27. The zero-order valence-corrected chi connectivity index (χ0v) is 11.8. The van der Waals surface area contributed by atoms with E-state index in [1.54, 1.807) is 11.3 Å². The number of nitrogens with one attached hydrogen (secondary N) is 1. The molecule has 0 bridgehead atoms. The molecule has 2 heterocycles. The van der Waals surface area contributed by atoms with Crippen molar-refractivity contribution in [3.8, 4) is 0 Å². The lowest BCUT2D eigenvalue weighted by molar-refractivity contribution is 0.334. The van der Waals surface area contributed by atoms with Gasteiger partial charge in [-0.3, -0.25) is 5.32 Å². The van der Waals surface area contributed by atoms with E-state index in [1.165, 1.54) is 25.7 Å². The summed E-state index contributed by atoms with van der Waals surface area (Å²) in [5, 5.41) is 10.5. The summed E-state index contributed by atoms with van der Waals surface area (Å²) in [4.78, 5) is 8.77. The van der Waals surface area contributed by atoms with E-state index in [4.69, 9.17) is 4.52 Å². The van der Waals surface area contributed by atoms with Gasteiger partial charge in [-0.2, -0.15) is 4.98 Å². The van der Waals surface area contributed by atoms with E-state index in [0.29, 0.717) is 11.8 Å². The van der Waals surface area contributed by atoms with E-state index in [1.807, 2.05) is 18.5 Å². The molecule has 1 aliphatic rings. The standard InChI is InChI=1S/C13H18N4OS/c1-9(15-8-11-14-6-7-19-11)13-16-12(17-18-13)10-4-2-3-5-10/h6-7,9-10,15H,2-5,8H2,1H3. The molecule has 1 aliphatic carbocycles. The summed E-state index contributed by atoms with van der Waals surface area (Å²) in [6.45, 7) is 2.78. The van der Waals surface area contributed by atoms with E-state index in [9.17, 15) is 0 Å². The molecule has 1 unspecified atom stereocenters. The van der Waals surface area contributed by atoms with E-state index in [0.717, 1.165) is 17.4 Å². The number of hydrogen-bond donors (Lipinski definition) is 1. The normalized spacial score (nSPS) is 17.9. The summed E-state index contributed by atoms with van der Waals surface area (Å²) >= 11 is 1.65. The SMILES string of the molecule is CC(NCc1nccs1)c1nc(C2CCCC2)no1. The van der Waals surface area contributed by atoms with Crippen LogP contribution in [0.1, 0.15) is 61.3 Å². The Labute approximate surface area is 116 Å². The first kappa shape index (κ1) is 12.7. The van der Waals surface area contributed by atoms with Gasteiger partial charge in [0.15, 0.2) is 5.82 Å². The van der Waals surface area contributed by atoms with E-state index in [2.05, 4.69) is 20.4 Å². The molecular weight excluding hydrogens is 260 g/mol. The van der Waals surface area contributed by atoms with Crippen LogP contribution in [0.5, 0.6) is 0 Å². The second-order valence-corrected chi connectivity index (χ2v) is 5.98. The Balaban J connectivity index is 1.58. The Kier molecular flexibility index (Phi) is 3.89. The topological polar surface area (TPSA) is 63.8 Å². The molecule has 5 nitrogen and oxygen atoms in total. The molecule has 0 aromatic carbocycles. The van der Waals surface area contributed by atoms with Gasteiger partial charge < -0.3 is 4.52 Å². The third-order valence-electron chi connectivity index (χ3n) is 3.59. The van der Waals surface area contributed by atoms with Crippen LogP contribution < -0.4 is 5.32 Å². The van der Waals surface area contributed by atoms with Crippen molar-refractivity contribution < 1.29 is 4.52 Å². The number of rotatable bonds is 5. The molecule has 1 atom stereocenters. The second kappa shape index (κ2) is 5.79. The van der Waals surface area contributed by atoms with E-state index >= 15 is 0 Å². The summed E-state index contributed by atoms with van der Waals surface area (Å²) < 4.78 is 5.37. The predicted octanol–water partition coefficient (Wildman–Crippen LogP) is 3.03. The largest absolute Gasteiger partial charge is 0.338 e. The summed E-state index contributed by atoms with van der Waals surface area (Å²) in [6, 6.07) is 0.0616. The maximum absolute atomic E-state index is 5.37. The number of nitrogens with zero attached hydrogens (tertiary/aromatic N) is 3. The molecule has 2 aromatic heterocycles. The molecule has 19 heavy (non-hydrogen) atoms. The highest BCUT2D eigenvalue weighted by atomic mass is 32.1. The van der Waals surface area contributed by atoms with Crippen molar-refractivity contribution in [1.29, 1.82) is 0 Å². The average Bonchev–Trinajstić information content (AvgIpc) is 3.14. The monoisotopic (exact) mass is 278 g/mol. The molecule has 2 aromatic rings. The minimum Gasteiger partial charge on any atom is -0.338 e. The quantitative estimate of drug-likeness (QED) is 0.910. The average molecular weight is 278 g/mol. The van der Waals surface area contributed by atoms with Gasteiger partial charge in [0.2, 0.25) is 5.89 Å². The van der Waals surface area contributed by atoms with Gasteiger partial charge in [0.25, 0.3) is 0 Å². The fourth-order valence-electron chi connectivity index (χ4n) is 2.44. The van der Waals surface area contributed by atoms with E-state index < -0.39 is 0 Å². The van der Waals surface area contributed by atoms with Gasteiger partial charge in [-0.05, 0) is 19.8 Å². The first-order valence-electron chi connectivity index (χ1n) is 6.78. The number of aromatic nitrogens is 3. The molecule has 0 saturated heterocycles. The third kappa shape index (κ3) is 3.01. The first-order valence-corrected chi connectivity index (χ1v) is 7.66. The van der Waals surface area contributed by atoms with Crippen LogP contribution in [0.15, 0.2) is 16.1 Å². The fourth-order valence-corrected chi connectivity index (χ4v) is 3.01. The number of hydrogen-bond acceptors (Lipinski definition) is 6. The maximum Gasteiger partial charge on any atom is 0.243 e. The smallest absolute Gasteiger partial charge is 0.243 e. The van der Waals surface area contributed by atoms with Crippen LogP contribution in [0.4, 0.5) is 0 Å². The minimum atomic E-state index is 0.0616. The maximum atomic E-state index is 5.37. The van der Waals surface area contributed by atoms with Crippen molar-refractivity contribution >= 4 is 11.3 Å². The van der Waals surface area contributed by atoms with Crippen LogP contribution in [0.25, 0.3) is 0 Å². The highest BCUT2D eigenvalue weighted by Gasteiger charge is 2.23. The first-order chi connectivity index (χ1) is 9.33. The van der Waals surface area contributed by atoms with Gasteiger partial charge >= 0.3 is 0 Å². The molecule has 1 saturated carbocycles. The van der Waals surface area contributed by atoms with E-state index in [-0.39, 0.29) is 6.04 Å². The van der Waals surface area contributed by atoms with Crippen molar-refractivity contribution in [2.45, 2.75) is 51.1 Å². The molecule has 3 rings (SSSR count). The second-order valence-electron chi connectivity index (χ2n) is 5.00. The van der Waals surface area contributed by atoms with Gasteiger partial charge in [-0.1, -0.05) is 18.0 Å². The van der Waals surface area contributed by atoms with Gasteiger partial charge in [-0.25, -0.2) is 4.98 Å². The summed E-state index contributed by atoms with van der Waals surface area (Å²) in [5.74, 6) is 2.07. The van der Waals surface area contributed by atoms with Crippen LogP contribution in [-0.4, -0.2) is 15.1 Å². The molecule has 1 N–H and O–H groups in total. The molecule has 0 aliphatic heterocycles. The summed E-state index contributed by atoms with van der Waals surface area (Å²) in [5.41, 5.74) is 0. The minimum absolute atomic E-state index is 0.0616. The number of thiazole rings is 1. The van der Waals surface area contributed by atoms with Gasteiger partial charge in [-0.15, -0.1) is 11.3 Å². The molecule has 0 amide bonds. The zero-order valence-electron chi connectivity index (χ0n) is 11.0. The predicted molar refractivity (Wildman–Crippen MR) is 72.9 cm³/mol. The third-order valence-corrected chi connectivity index (χ3v) is 4.37. The van der Waals surface area contributed by atoms with Crippen molar-refractivity contribution in [3.63, 3.8) is 0 Å². The van der Waals surface area contributed by atoms with Crippen LogP contribution in [-0.2, 0) is 6.54 Å². The Morgan fingerprint density at radius 3 is 3.05 bits per heavy atom. The van der Waals surface area contributed by atoms with Gasteiger partial charge in [0, 0.05) is 24.0 Å². The molecular formula is C13H18N4OS. The van der Waals surface area contributed by atoms with Crippen LogP contribution in [0, 0.1) is 0 Å². The van der Waals surface area contributed by atoms with Crippen LogP contribution >= 0.6 is 11.3 Å². The van der Waals surface area contributed by atoms with Gasteiger partial charge in [0.1, 0.15) is 5.01 Å². The summed E-state index contributed by atoms with van der Waals surface area (Å²) in [6.07, 6.45) is 6.77. The Morgan fingerprint density at radius 2 is 2.32 bits per heavy atom. The Bertz CT molecular complexity index is 504. The lowest BCUT2D eigenvalue weighted by atomic mass is 10.1. The molecule has 0 spiro atoms. The van der Waals surface area contributed by atoms with Crippen molar-refractivity contribution in [3.05, 3.63) is 28.3 Å². The molecule has 102 valence electrons. The highest BCUT2D eigenvalue weighted by molar-refractivity contribution is 7.09. The lowest BCUT2D eigenvalue weighted by Gasteiger charge is -2.07. The summed E-state index contributed by atoms with van der Waals surface area (Å²) in [7, 11) is 0. The lowest BCUT2D eigenvalue weighted by Crippen LogP contribution is -2.18.